The van der Waals surface area contributed by atoms with Crippen molar-refractivity contribution in [2.24, 2.45) is 5.73 Å². The Bertz CT molecular complexity index is 419. The molecule has 0 heterocycles. The van der Waals surface area contributed by atoms with Gasteiger partial charge in [0.25, 0.3) is 0 Å². The molecule has 0 aromatic heterocycles. The maximum Gasteiger partial charge on any atom is 0.416 e. The Morgan fingerprint density at radius 2 is 2.00 bits per heavy atom. The highest BCUT2D eigenvalue weighted by molar-refractivity contribution is 5.73. The van der Waals surface area contributed by atoms with Gasteiger partial charge in [-0.2, -0.15) is 13.2 Å². The molecule has 0 atom stereocenters. The summed E-state index contributed by atoms with van der Waals surface area (Å²) in [6, 6.07) is 5.23. The zero-order valence-corrected chi connectivity index (χ0v) is 10.5. The van der Waals surface area contributed by atoms with E-state index in [0.717, 1.165) is 18.6 Å². The topological polar surface area (TPSA) is 55.1 Å². The third-order valence-corrected chi connectivity index (χ3v) is 2.61. The maximum atomic E-state index is 12.5. The van der Waals surface area contributed by atoms with E-state index in [-0.39, 0.29) is 5.91 Å². The molecule has 0 unspecified atom stereocenters. The Hall–Kier alpha value is -1.56. The first-order valence-electron chi connectivity index (χ1n) is 6.05. The summed E-state index contributed by atoms with van der Waals surface area (Å²) >= 11 is 0. The summed E-state index contributed by atoms with van der Waals surface area (Å²) in [6.07, 6.45) is -2.52. The van der Waals surface area contributed by atoms with Crippen LogP contribution in [0.15, 0.2) is 24.3 Å². The van der Waals surface area contributed by atoms with Gasteiger partial charge in [-0.1, -0.05) is 18.2 Å². The Morgan fingerprint density at radius 1 is 1.26 bits per heavy atom. The second-order valence-electron chi connectivity index (χ2n) is 4.30. The van der Waals surface area contributed by atoms with Crippen LogP contribution in [0.25, 0.3) is 0 Å². The van der Waals surface area contributed by atoms with Gasteiger partial charge in [0, 0.05) is 13.0 Å². The second kappa shape index (κ2) is 7.13. The molecule has 0 bridgehead atoms. The maximum absolute atomic E-state index is 12.5. The van der Waals surface area contributed by atoms with Gasteiger partial charge in [-0.05, 0) is 31.0 Å². The summed E-state index contributed by atoms with van der Waals surface area (Å²) in [5.41, 5.74) is 4.94. The number of nitrogens with one attached hydrogen (secondary N) is 1. The predicted octanol–water partition coefficient (Wildman–Crippen LogP) is 2.45. The van der Waals surface area contributed by atoms with E-state index < -0.39 is 11.7 Å². The summed E-state index contributed by atoms with van der Waals surface area (Å²) in [7, 11) is 0. The van der Waals surface area contributed by atoms with Crippen molar-refractivity contribution in [1.82, 2.24) is 5.32 Å². The van der Waals surface area contributed by atoms with Crippen LogP contribution in [0.3, 0.4) is 0 Å². The normalized spacial score (nSPS) is 11.5. The molecule has 0 saturated carbocycles. The van der Waals surface area contributed by atoms with Crippen molar-refractivity contribution in [2.45, 2.75) is 32.0 Å². The van der Waals surface area contributed by atoms with Gasteiger partial charge in [-0.15, -0.1) is 0 Å². The van der Waals surface area contributed by atoms with Gasteiger partial charge in [-0.25, -0.2) is 0 Å². The van der Waals surface area contributed by atoms with Crippen molar-refractivity contribution in [3.8, 4) is 0 Å². The Kier molecular flexibility index (Phi) is 5.82. The minimum atomic E-state index is -4.31. The van der Waals surface area contributed by atoms with Gasteiger partial charge in [-0.3, -0.25) is 4.79 Å². The van der Waals surface area contributed by atoms with Gasteiger partial charge in [0.05, 0.1) is 5.56 Å². The molecule has 1 aromatic carbocycles. The number of primary amides is 1. The number of halogens is 3. The van der Waals surface area contributed by atoms with Crippen molar-refractivity contribution in [1.29, 1.82) is 0 Å². The third kappa shape index (κ3) is 6.24. The number of hydrogen-bond donors (Lipinski definition) is 2. The number of alkyl halides is 3. The molecule has 106 valence electrons. The van der Waals surface area contributed by atoms with Gasteiger partial charge in [0.1, 0.15) is 0 Å². The fraction of sp³-hybridized carbons (Fsp3) is 0.462. The molecule has 1 rings (SSSR count). The second-order valence-corrected chi connectivity index (χ2v) is 4.30. The molecular formula is C13H17F3N2O. The highest BCUT2D eigenvalue weighted by Gasteiger charge is 2.30. The number of unbranched alkanes of at least 4 members (excludes halogenated alkanes) is 1. The highest BCUT2D eigenvalue weighted by Crippen LogP contribution is 2.29. The van der Waals surface area contributed by atoms with E-state index in [1.165, 1.54) is 6.07 Å². The molecule has 0 saturated heterocycles. The van der Waals surface area contributed by atoms with Crippen LogP contribution in [0.5, 0.6) is 0 Å². The lowest BCUT2D eigenvalue weighted by Crippen LogP contribution is -2.16. The number of amides is 1. The quantitative estimate of drug-likeness (QED) is 0.750. The first kappa shape index (κ1) is 15.5. The molecule has 0 aliphatic carbocycles. The zero-order valence-electron chi connectivity index (χ0n) is 10.5. The first-order valence-corrected chi connectivity index (χ1v) is 6.05. The fourth-order valence-electron chi connectivity index (χ4n) is 1.64. The molecule has 0 fully saturated rings. The van der Waals surface area contributed by atoms with Crippen molar-refractivity contribution in [3.63, 3.8) is 0 Å². The molecule has 0 spiro atoms. The molecular weight excluding hydrogens is 257 g/mol. The van der Waals surface area contributed by atoms with Crippen LogP contribution in [0.1, 0.15) is 30.4 Å². The molecule has 0 aliphatic heterocycles. The first-order chi connectivity index (χ1) is 8.89. The number of rotatable bonds is 7. The van der Waals surface area contributed by atoms with Gasteiger partial charge in [0.2, 0.25) is 5.91 Å². The average Bonchev–Trinajstić information content (AvgIpc) is 2.32. The standard InChI is InChI=1S/C13H17F3N2O/c14-13(15,16)11-5-3-4-10(8-11)9-18-7-2-1-6-12(17)19/h3-5,8,18H,1-2,6-7,9H2,(H2,17,19). The van der Waals surface area contributed by atoms with Crippen LogP contribution in [0, 0.1) is 0 Å². The molecule has 0 radical (unpaired) electrons. The fourth-order valence-corrected chi connectivity index (χ4v) is 1.64. The summed E-state index contributed by atoms with van der Waals surface area (Å²) in [5.74, 6) is -0.335. The minimum Gasteiger partial charge on any atom is -0.370 e. The molecule has 3 N–H and O–H groups in total. The molecule has 19 heavy (non-hydrogen) atoms. The van der Waals surface area contributed by atoms with Crippen LogP contribution in [-0.2, 0) is 17.5 Å². The van der Waals surface area contributed by atoms with E-state index in [4.69, 9.17) is 5.73 Å². The summed E-state index contributed by atoms with van der Waals surface area (Å²) in [5, 5.41) is 3.03. The van der Waals surface area contributed by atoms with E-state index >= 15 is 0 Å². The Balaban J connectivity index is 2.32. The number of carbonyl (C=O) groups excluding carboxylic acids is 1. The summed E-state index contributed by atoms with van der Waals surface area (Å²) in [6.45, 7) is 1.02. The smallest absolute Gasteiger partial charge is 0.370 e. The van der Waals surface area contributed by atoms with Crippen molar-refractivity contribution >= 4 is 5.91 Å². The van der Waals surface area contributed by atoms with Gasteiger partial charge in [0.15, 0.2) is 0 Å². The van der Waals surface area contributed by atoms with Crippen LogP contribution in [0.2, 0.25) is 0 Å². The lowest BCUT2D eigenvalue weighted by Gasteiger charge is -2.09. The van der Waals surface area contributed by atoms with Crippen LogP contribution in [0.4, 0.5) is 13.2 Å². The molecule has 3 nitrogen and oxygen atoms in total. The molecule has 6 heteroatoms. The lowest BCUT2D eigenvalue weighted by molar-refractivity contribution is -0.137. The highest BCUT2D eigenvalue weighted by atomic mass is 19.4. The van der Waals surface area contributed by atoms with Crippen LogP contribution in [-0.4, -0.2) is 12.5 Å². The number of nitrogens with two attached hydrogens (primary N) is 1. The molecule has 0 aliphatic rings. The van der Waals surface area contributed by atoms with Crippen molar-refractivity contribution in [3.05, 3.63) is 35.4 Å². The predicted molar refractivity (Wildman–Crippen MR) is 66.2 cm³/mol. The lowest BCUT2D eigenvalue weighted by atomic mass is 10.1. The van der Waals surface area contributed by atoms with E-state index in [2.05, 4.69) is 5.32 Å². The van der Waals surface area contributed by atoms with Crippen LogP contribution < -0.4 is 11.1 Å². The summed E-state index contributed by atoms with van der Waals surface area (Å²) < 4.78 is 37.4. The molecule has 1 aromatic rings. The zero-order chi connectivity index (χ0) is 14.3. The SMILES string of the molecule is NC(=O)CCCCNCc1cccc(C(F)(F)F)c1. The van der Waals surface area contributed by atoms with E-state index in [9.17, 15) is 18.0 Å². The average molecular weight is 274 g/mol. The van der Waals surface area contributed by atoms with Gasteiger partial charge >= 0.3 is 6.18 Å². The third-order valence-electron chi connectivity index (χ3n) is 2.61. The van der Waals surface area contributed by atoms with Crippen LogP contribution >= 0.6 is 0 Å². The van der Waals surface area contributed by atoms with E-state index in [0.29, 0.717) is 31.5 Å². The Morgan fingerprint density at radius 3 is 2.63 bits per heavy atom. The molecule has 1 amide bonds. The Labute approximate surface area is 110 Å². The summed E-state index contributed by atoms with van der Waals surface area (Å²) in [4.78, 5) is 10.5. The van der Waals surface area contributed by atoms with E-state index in [1.807, 2.05) is 0 Å². The monoisotopic (exact) mass is 274 g/mol. The number of hydrogen-bond acceptors (Lipinski definition) is 2. The number of carbonyl (C=O) groups is 1. The van der Waals surface area contributed by atoms with Crippen molar-refractivity contribution < 1.29 is 18.0 Å². The largest absolute Gasteiger partial charge is 0.416 e. The minimum absolute atomic E-state index is 0.335. The van der Waals surface area contributed by atoms with E-state index in [1.54, 1.807) is 6.07 Å². The van der Waals surface area contributed by atoms with Crippen molar-refractivity contribution in [2.75, 3.05) is 6.54 Å². The van der Waals surface area contributed by atoms with Gasteiger partial charge < -0.3 is 11.1 Å². The number of benzene rings is 1.